The SMILES string of the molecule is Cc1cc(N)c(NC(=O)C(C)(C)C)cc1Cl. The van der Waals surface area contributed by atoms with Crippen LogP contribution in [-0.4, -0.2) is 5.91 Å². The molecule has 0 saturated carbocycles. The summed E-state index contributed by atoms with van der Waals surface area (Å²) in [4.78, 5) is 11.8. The van der Waals surface area contributed by atoms with Gasteiger partial charge in [-0.25, -0.2) is 0 Å². The molecule has 16 heavy (non-hydrogen) atoms. The maximum atomic E-state index is 11.8. The van der Waals surface area contributed by atoms with Crippen LogP contribution in [0.3, 0.4) is 0 Å². The Morgan fingerprint density at radius 3 is 2.44 bits per heavy atom. The maximum Gasteiger partial charge on any atom is 0.229 e. The molecule has 0 atom stereocenters. The van der Waals surface area contributed by atoms with Gasteiger partial charge in [-0.15, -0.1) is 0 Å². The van der Waals surface area contributed by atoms with Gasteiger partial charge < -0.3 is 11.1 Å². The Morgan fingerprint density at radius 2 is 1.94 bits per heavy atom. The highest BCUT2D eigenvalue weighted by Crippen LogP contribution is 2.28. The van der Waals surface area contributed by atoms with Crippen molar-refractivity contribution in [2.24, 2.45) is 5.41 Å². The molecule has 0 aliphatic heterocycles. The van der Waals surface area contributed by atoms with Gasteiger partial charge in [0, 0.05) is 10.4 Å². The third-order valence-electron chi connectivity index (χ3n) is 2.26. The minimum Gasteiger partial charge on any atom is -0.397 e. The summed E-state index contributed by atoms with van der Waals surface area (Å²) >= 11 is 5.98. The monoisotopic (exact) mass is 240 g/mol. The molecule has 0 spiro atoms. The number of nitrogens with two attached hydrogens (primary N) is 1. The zero-order chi connectivity index (χ0) is 12.5. The molecule has 1 aromatic carbocycles. The highest BCUT2D eigenvalue weighted by Gasteiger charge is 2.22. The van der Waals surface area contributed by atoms with Crippen molar-refractivity contribution in [2.45, 2.75) is 27.7 Å². The van der Waals surface area contributed by atoms with E-state index < -0.39 is 5.41 Å². The third-order valence-corrected chi connectivity index (χ3v) is 2.67. The van der Waals surface area contributed by atoms with Crippen molar-refractivity contribution in [3.63, 3.8) is 0 Å². The number of carbonyl (C=O) groups is 1. The van der Waals surface area contributed by atoms with Crippen LogP contribution in [0.15, 0.2) is 12.1 Å². The summed E-state index contributed by atoms with van der Waals surface area (Å²) in [5.74, 6) is -0.0841. The van der Waals surface area contributed by atoms with Crippen molar-refractivity contribution >= 4 is 28.9 Å². The van der Waals surface area contributed by atoms with E-state index >= 15 is 0 Å². The number of halogens is 1. The molecule has 3 N–H and O–H groups in total. The average molecular weight is 241 g/mol. The van der Waals surface area contributed by atoms with Gasteiger partial charge in [-0.3, -0.25) is 4.79 Å². The summed E-state index contributed by atoms with van der Waals surface area (Å²) in [5, 5.41) is 3.37. The van der Waals surface area contributed by atoms with Gasteiger partial charge in [-0.2, -0.15) is 0 Å². The number of benzene rings is 1. The number of amides is 1. The lowest BCUT2D eigenvalue weighted by atomic mass is 9.95. The molecule has 4 heteroatoms. The smallest absolute Gasteiger partial charge is 0.229 e. The fraction of sp³-hybridized carbons (Fsp3) is 0.417. The minimum atomic E-state index is -0.455. The second-order valence-electron chi connectivity index (χ2n) is 4.89. The number of nitrogen functional groups attached to an aromatic ring is 1. The Bertz CT molecular complexity index is 422. The molecule has 0 aliphatic rings. The predicted molar refractivity (Wildman–Crippen MR) is 68.7 cm³/mol. The standard InChI is InChI=1S/C12H17ClN2O/c1-7-5-9(14)10(6-8(7)13)15-11(16)12(2,3)4/h5-6H,14H2,1-4H3,(H,15,16). The first kappa shape index (κ1) is 12.8. The van der Waals surface area contributed by atoms with Crippen molar-refractivity contribution < 1.29 is 4.79 Å². The molecular formula is C12H17ClN2O. The van der Waals surface area contributed by atoms with Crippen molar-refractivity contribution in [2.75, 3.05) is 11.1 Å². The van der Waals surface area contributed by atoms with Gasteiger partial charge in [0.2, 0.25) is 5.91 Å². The fourth-order valence-corrected chi connectivity index (χ4v) is 1.29. The lowest BCUT2D eigenvalue weighted by molar-refractivity contribution is -0.123. The molecule has 1 rings (SSSR count). The van der Waals surface area contributed by atoms with Gasteiger partial charge in [0.05, 0.1) is 11.4 Å². The molecule has 0 saturated heterocycles. The van der Waals surface area contributed by atoms with E-state index in [1.807, 2.05) is 27.7 Å². The van der Waals surface area contributed by atoms with Crippen LogP contribution in [0.4, 0.5) is 11.4 Å². The van der Waals surface area contributed by atoms with Crippen LogP contribution < -0.4 is 11.1 Å². The molecule has 88 valence electrons. The number of anilines is 2. The van der Waals surface area contributed by atoms with Gasteiger partial charge >= 0.3 is 0 Å². The van der Waals surface area contributed by atoms with E-state index in [1.165, 1.54) is 0 Å². The molecule has 0 heterocycles. The molecule has 0 aromatic heterocycles. The molecule has 1 aromatic rings. The normalized spacial score (nSPS) is 11.3. The van der Waals surface area contributed by atoms with Gasteiger partial charge in [0.15, 0.2) is 0 Å². The number of hydrogen-bond donors (Lipinski definition) is 2. The lowest BCUT2D eigenvalue weighted by Crippen LogP contribution is -2.28. The molecule has 1 amide bonds. The van der Waals surface area contributed by atoms with Gasteiger partial charge in [0.25, 0.3) is 0 Å². The highest BCUT2D eigenvalue weighted by molar-refractivity contribution is 6.31. The average Bonchev–Trinajstić information content (AvgIpc) is 2.12. The zero-order valence-electron chi connectivity index (χ0n) is 10.0. The first-order chi connectivity index (χ1) is 7.21. The van der Waals surface area contributed by atoms with Crippen LogP contribution in [0.1, 0.15) is 26.3 Å². The van der Waals surface area contributed by atoms with Crippen LogP contribution in [0.5, 0.6) is 0 Å². The van der Waals surface area contributed by atoms with E-state index in [0.717, 1.165) is 5.56 Å². The Hall–Kier alpha value is -1.22. The lowest BCUT2D eigenvalue weighted by Gasteiger charge is -2.19. The first-order valence-corrected chi connectivity index (χ1v) is 5.46. The summed E-state index contributed by atoms with van der Waals surface area (Å²) in [5.41, 5.74) is 7.34. The van der Waals surface area contributed by atoms with E-state index in [0.29, 0.717) is 16.4 Å². The second kappa shape index (κ2) is 4.34. The Balaban J connectivity index is 2.99. The largest absolute Gasteiger partial charge is 0.397 e. The number of rotatable bonds is 1. The molecule has 0 radical (unpaired) electrons. The molecule has 0 aliphatic carbocycles. The summed E-state index contributed by atoms with van der Waals surface area (Å²) in [6.45, 7) is 7.39. The van der Waals surface area contributed by atoms with Crippen molar-refractivity contribution in [3.8, 4) is 0 Å². The van der Waals surface area contributed by atoms with Crippen LogP contribution in [0.25, 0.3) is 0 Å². The van der Waals surface area contributed by atoms with E-state index in [-0.39, 0.29) is 5.91 Å². The fourth-order valence-electron chi connectivity index (χ4n) is 1.12. The Kier molecular flexibility index (Phi) is 3.48. The molecular weight excluding hydrogens is 224 g/mol. The van der Waals surface area contributed by atoms with Crippen LogP contribution in [0.2, 0.25) is 5.02 Å². The van der Waals surface area contributed by atoms with E-state index in [2.05, 4.69) is 5.32 Å². The summed E-state index contributed by atoms with van der Waals surface area (Å²) in [6, 6.07) is 3.43. The van der Waals surface area contributed by atoms with E-state index in [1.54, 1.807) is 12.1 Å². The van der Waals surface area contributed by atoms with Crippen LogP contribution in [0, 0.1) is 12.3 Å². The number of hydrogen-bond acceptors (Lipinski definition) is 2. The third kappa shape index (κ3) is 2.89. The summed E-state index contributed by atoms with van der Waals surface area (Å²) in [7, 11) is 0. The molecule has 0 unspecified atom stereocenters. The van der Waals surface area contributed by atoms with Crippen molar-refractivity contribution in [3.05, 3.63) is 22.7 Å². The summed E-state index contributed by atoms with van der Waals surface area (Å²) in [6.07, 6.45) is 0. The van der Waals surface area contributed by atoms with E-state index in [9.17, 15) is 4.79 Å². The quantitative estimate of drug-likeness (QED) is 0.741. The molecule has 3 nitrogen and oxygen atoms in total. The Morgan fingerprint density at radius 1 is 1.38 bits per heavy atom. The van der Waals surface area contributed by atoms with Gasteiger partial charge in [0.1, 0.15) is 0 Å². The number of carbonyl (C=O) groups excluding carboxylic acids is 1. The van der Waals surface area contributed by atoms with E-state index in [4.69, 9.17) is 17.3 Å². The minimum absolute atomic E-state index is 0.0841. The van der Waals surface area contributed by atoms with Crippen LogP contribution in [-0.2, 0) is 4.79 Å². The zero-order valence-corrected chi connectivity index (χ0v) is 10.8. The summed E-state index contributed by atoms with van der Waals surface area (Å²) < 4.78 is 0. The Labute approximate surface area is 101 Å². The predicted octanol–water partition coefficient (Wildman–Crippen LogP) is 3.22. The van der Waals surface area contributed by atoms with Crippen molar-refractivity contribution in [1.82, 2.24) is 0 Å². The molecule has 0 bridgehead atoms. The molecule has 0 fully saturated rings. The topological polar surface area (TPSA) is 55.1 Å². The maximum absolute atomic E-state index is 11.8. The second-order valence-corrected chi connectivity index (χ2v) is 5.30. The van der Waals surface area contributed by atoms with Crippen molar-refractivity contribution in [1.29, 1.82) is 0 Å². The number of aryl methyl sites for hydroxylation is 1. The number of nitrogens with one attached hydrogen (secondary N) is 1. The highest BCUT2D eigenvalue weighted by atomic mass is 35.5. The van der Waals surface area contributed by atoms with Gasteiger partial charge in [-0.05, 0) is 24.6 Å². The van der Waals surface area contributed by atoms with Crippen LogP contribution >= 0.6 is 11.6 Å². The first-order valence-electron chi connectivity index (χ1n) is 5.09. The van der Waals surface area contributed by atoms with Gasteiger partial charge in [-0.1, -0.05) is 32.4 Å².